The van der Waals surface area contributed by atoms with Crippen molar-refractivity contribution in [3.8, 4) is 0 Å². The van der Waals surface area contributed by atoms with E-state index < -0.39 is 29.8 Å². The van der Waals surface area contributed by atoms with E-state index in [1.165, 1.54) is 7.11 Å². The Balaban J connectivity index is 2.45. The maximum atomic E-state index is 12.1. The quantitative estimate of drug-likeness (QED) is 0.260. The van der Waals surface area contributed by atoms with Gasteiger partial charge in [0.15, 0.2) is 5.78 Å². The molecule has 1 rings (SSSR count). The second kappa shape index (κ2) is 10.1. The topological polar surface area (TPSA) is 118 Å². The van der Waals surface area contributed by atoms with Gasteiger partial charge in [0.25, 0.3) is 0 Å². The summed E-state index contributed by atoms with van der Waals surface area (Å²) in [6.07, 6.45) is 2.36. The molecule has 8 nitrogen and oxygen atoms in total. The molecular weight excluding hydrogens is 302 g/mol. The molecule has 0 aromatic rings. The van der Waals surface area contributed by atoms with Gasteiger partial charge in [-0.25, -0.2) is 4.79 Å². The molecule has 130 valence electrons. The lowest BCUT2D eigenvalue weighted by Crippen LogP contribution is -2.46. The first kappa shape index (κ1) is 19.2. The van der Waals surface area contributed by atoms with Crippen LogP contribution in [0.25, 0.3) is 0 Å². The fourth-order valence-corrected chi connectivity index (χ4v) is 1.81. The van der Waals surface area contributed by atoms with Crippen LogP contribution in [0.4, 0.5) is 0 Å². The molecule has 0 radical (unpaired) electrons. The minimum absolute atomic E-state index is 0.00870. The first-order valence-electron chi connectivity index (χ1n) is 7.74. The molecule has 23 heavy (non-hydrogen) atoms. The van der Waals surface area contributed by atoms with Crippen LogP contribution in [-0.2, 0) is 23.9 Å². The van der Waals surface area contributed by atoms with E-state index in [4.69, 9.17) is 14.9 Å². The van der Waals surface area contributed by atoms with Gasteiger partial charge in [-0.1, -0.05) is 0 Å². The van der Waals surface area contributed by atoms with E-state index in [-0.39, 0.29) is 19.4 Å². The van der Waals surface area contributed by atoms with Crippen LogP contribution >= 0.6 is 0 Å². The molecule has 2 atom stereocenters. The van der Waals surface area contributed by atoms with Crippen LogP contribution in [0.5, 0.6) is 0 Å². The first-order valence-corrected chi connectivity index (χ1v) is 7.74. The summed E-state index contributed by atoms with van der Waals surface area (Å²) in [6, 6.07) is -0.401. The summed E-state index contributed by atoms with van der Waals surface area (Å²) in [5, 5.41) is 12.6. The first-order chi connectivity index (χ1) is 11.0. The Bertz CT molecular complexity index is 437. The summed E-state index contributed by atoms with van der Waals surface area (Å²) < 4.78 is 10.0. The molecule has 8 heteroatoms. The Morgan fingerprint density at radius 1 is 1.35 bits per heavy atom. The van der Waals surface area contributed by atoms with Crippen molar-refractivity contribution in [2.45, 2.75) is 50.8 Å². The average Bonchev–Trinajstić information content (AvgIpc) is 3.37. The van der Waals surface area contributed by atoms with Crippen molar-refractivity contribution in [2.75, 3.05) is 20.3 Å². The number of ether oxygens (including phenoxy) is 2. The minimum Gasteiger partial charge on any atom is -0.463 e. The minimum atomic E-state index is -0.926. The Morgan fingerprint density at radius 3 is 2.61 bits per heavy atom. The van der Waals surface area contributed by atoms with E-state index in [1.54, 1.807) is 6.92 Å². The molecular formula is C15H25N3O5. The summed E-state index contributed by atoms with van der Waals surface area (Å²) in [5.74, 6) is -1.45. The van der Waals surface area contributed by atoms with Gasteiger partial charge in [0.1, 0.15) is 18.8 Å². The fourth-order valence-electron chi connectivity index (χ4n) is 1.81. The highest BCUT2D eigenvalue weighted by molar-refractivity contribution is 6.26. The van der Waals surface area contributed by atoms with E-state index in [2.05, 4.69) is 10.6 Å². The van der Waals surface area contributed by atoms with E-state index in [0.717, 1.165) is 12.8 Å². The molecule has 0 heterocycles. The van der Waals surface area contributed by atoms with Crippen LogP contribution in [0.15, 0.2) is 0 Å². The highest BCUT2D eigenvalue weighted by Gasteiger charge is 2.25. The number of amides is 1. The van der Waals surface area contributed by atoms with Crippen LogP contribution in [0.1, 0.15) is 32.6 Å². The molecule has 3 N–H and O–H groups in total. The van der Waals surface area contributed by atoms with Crippen molar-refractivity contribution in [1.29, 1.82) is 5.41 Å². The highest BCUT2D eigenvalue weighted by atomic mass is 16.5. The number of ketones is 1. The number of methoxy groups -OCH3 is 1. The smallest absolute Gasteiger partial charge is 0.328 e. The van der Waals surface area contributed by atoms with E-state index >= 15 is 0 Å². The Morgan fingerprint density at radius 2 is 2.04 bits per heavy atom. The molecule has 1 aliphatic carbocycles. The van der Waals surface area contributed by atoms with Gasteiger partial charge < -0.3 is 25.5 Å². The van der Waals surface area contributed by atoms with Crippen LogP contribution in [0.3, 0.4) is 0 Å². The number of esters is 1. The maximum Gasteiger partial charge on any atom is 0.328 e. The molecule has 1 fully saturated rings. The van der Waals surface area contributed by atoms with Crippen LogP contribution in [0, 0.1) is 5.41 Å². The molecule has 0 unspecified atom stereocenters. The van der Waals surface area contributed by atoms with E-state index in [1.807, 2.05) is 0 Å². The molecule has 0 bridgehead atoms. The van der Waals surface area contributed by atoms with Gasteiger partial charge in [-0.2, -0.15) is 0 Å². The van der Waals surface area contributed by atoms with Crippen molar-refractivity contribution in [1.82, 2.24) is 10.6 Å². The zero-order chi connectivity index (χ0) is 17.2. The maximum absolute atomic E-state index is 12.1. The lowest BCUT2D eigenvalue weighted by atomic mass is 10.1. The van der Waals surface area contributed by atoms with Crippen molar-refractivity contribution in [2.24, 2.45) is 0 Å². The number of nitrogens with one attached hydrogen (secondary N) is 3. The molecule has 0 aromatic heterocycles. The zero-order valence-corrected chi connectivity index (χ0v) is 13.6. The number of carbonyl (C=O) groups is 3. The predicted octanol–water partition coefficient (Wildman–Crippen LogP) is -0.200. The number of rotatable bonds is 12. The molecule has 0 aromatic carbocycles. The second-order valence-corrected chi connectivity index (χ2v) is 5.48. The lowest BCUT2D eigenvalue weighted by Gasteiger charge is -2.19. The highest BCUT2D eigenvalue weighted by Crippen LogP contribution is 2.17. The Kier molecular flexibility index (Phi) is 8.42. The van der Waals surface area contributed by atoms with Gasteiger partial charge in [0.2, 0.25) is 5.91 Å². The Hall–Kier alpha value is -1.80. The third-order valence-corrected chi connectivity index (χ3v) is 3.52. The van der Waals surface area contributed by atoms with Crippen LogP contribution in [-0.4, -0.2) is 62.3 Å². The van der Waals surface area contributed by atoms with Crippen molar-refractivity contribution in [3.63, 3.8) is 0 Å². The third kappa shape index (κ3) is 7.85. The molecule has 1 amide bonds. The van der Waals surface area contributed by atoms with E-state index in [9.17, 15) is 14.4 Å². The Labute approximate surface area is 135 Å². The molecule has 1 aliphatic rings. The monoisotopic (exact) mass is 327 g/mol. The SMILES string of the molecule is CO[C@@H](C)C(=O)N[C@@H](CCC(=O)C=N)C(=O)OCCNC1CC1. The molecule has 0 aliphatic heterocycles. The van der Waals surface area contributed by atoms with Crippen molar-refractivity contribution in [3.05, 3.63) is 0 Å². The van der Waals surface area contributed by atoms with Crippen LogP contribution < -0.4 is 10.6 Å². The number of Topliss-reactive ketones (excluding diaryl/α,β-unsaturated/α-hetero) is 1. The van der Waals surface area contributed by atoms with Crippen LogP contribution in [0.2, 0.25) is 0 Å². The fraction of sp³-hybridized carbons (Fsp3) is 0.733. The molecule has 0 spiro atoms. The average molecular weight is 327 g/mol. The number of hydrogen-bond acceptors (Lipinski definition) is 7. The second-order valence-electron chi connectivity index (χ2n) is 5.48. The number of carbonyl (C=O) groups excluding carboxylic acids is 3. The van der Waals surface area contributed by atoms with Crippen molar-refractivity contribution >= 4 is 23.9 Å². The number of hydrogen-bond donors (Lipinski definition) is 3. The van der Waals surface area contributed by atoms with Gasteiger partial charge in [-0.3, -0.25) is 9.59 Å². The summed E-state index contributed by atoms with van der Waals surface area (Å²) in [5.41, 5.74) is 0. The van der Waals surface area contributed by atoms with Gasteiger partial charge in [-0.15, -0.1) is 0 Å². The lowest BCUT2D eigenvalue weighted by molar-refractivity contribution is -0.149. The largest absolute Gasteiger partial charge is 0.463 e. The van der Waals surface area contributed by atoms with E-state index in [0.29, 0.717) is 18.8 Å². The van der Waals surface area contributed by atoms with Gasteiger partial charge in [0, 0.05) is 26.1 Å². The predicted molar refractivity (Wildman–Crippen MR) is 83.4 cm³/mol. The summed E-state index contributed by atoms with van der Waals surface area (Å²) in [4.78, 5) is 35.1. The van der Waals surface area contributed by atoms with Gasteiger partial charge in [0.05, 0.1) is 6.21 Å². The third-order valence-electron chi connectivity index (χ3n) is 3.52. The van der Waals surface area contributed by atoms with Gasteiger partial charge >= 0.3 is 5.97 Å². The summed E-state index contributed by atoms with van der Waals surface area (Å²) in [6.45, 7) is 2.32. The summed E-state index contributed by atoms with van der Waals surface area (Å²) in [7, 11) is 1.39. The molecule has 1 saturated carbocycles. The normalized spacial score (nSPS) is 16.3. The van der Waals surface area contributed by atoms with Gasteiger partial charge in [-0.05, 0) is 26.2 Å². The van der Waals surface area contributed by atoms with Crippen molar-refractivity contribution < 1.29 is 23.9 Å². The standard InChI is InChI=1S/C15H25N3O5/c1-10(22-2)14(20)18-13(6-5-12(19)9-16)15(21)23-8-7-17-11-3-4-11/h9-11,13,16-17H,3-8H2,1-2H3,(H,18,20)/t10-,13-/m0/s1. The molecule has 0 saturated heterocycles. The zero-order valence-electron chi connectivity index (χ0n) is 13.6. The summed E-state index contributed by atoms with van der Waals surface area (Å²) >= 11 is 0.